The van der Waals surface area contributed by atoms with E-state index in [0.717, 1.165) is 11.8 Å². The summed E-state index contributed by atoms with van der Waals surface area (Å²) in [4.78, 5) is 14.9. The summed E-state index contributed by atoms with van der Waals surface area (Å²) >= 11 is 0. The monoisotopic (exact) mass is 227 g/mol. The largest absolute Gasteiger partial charge is 0.298 e. The van der Waals surface area contributed by atoms with Gasteiger partial charge in [0.1, 0.15) is 11.6 Å². The Bertz CT molecular complexity index is 622. The van der Waals surface area contributed by atoms with Crippen LogP contribution in [0.3, 0.4) is 0 Å². The molecule has 0 aliphatic rings. The molecule has 2 rings (SSSR count). The lowest BCUT2D eigenvalue weighted by molar-refractivity contribution is -0.744. The maximum atomic E-state index is 10.7. The summed E-state index contributed by atoms with van der Waals surface area (Å²) in [6.45, 7) is 1.86. The molecule has 2 heterocycles. The van der Waals surface area contributed by atoms with Crippen LogP contribution in [0.1, 0.15) is 21.5 Å². The number of nitriles is 1. The summed E-state index contributed by atoms with van der Waals surface area (Å²) < 4.78 is 3.51. The number of nitrogens with zero attached hydrogens (tertiary/aromatic N) is 4. The standard InChI is InChI=1S/C12H11N4O/c1-9-3-12(14-5-11(9)4-13)16-7-10(8-17)6-15(16)2/h3,5-8H,1-2H3/q+1. The van der Waals surface area contributed by atoms with E-state index in [-0.39, 0.29) is 0 Å². The number of aromatic nitrogens is 3. The molecule has 0 radical (unpaired) electrons. The minimum atomic E-state index is 0.555. The highest BCUT2D eigenvalue weighted by atomic mass is 16.1. The Labute approximate surface area is 98.5 Å². The Kier molecular flexibility index (Phi) is 2.71. The van der Waals surface area contributed by atoms with Crippen molar-refractivity contribution in [3.05, 3.63) is 41.3 Å². The lowest BCUT2D eigenvalue weighted by Gasteiger charge is -2.01. The first-order valence-electron chi connectivity index (χ1n) is 5.06. The van der Waals surface area contributed by atoms with Crippen LogP contribution >= 0.6 is 0 Å². The maximum absolute atomic E-state index is 10.7. The van der Waals surface area contributed by atoms with Crippen LogP contribution in [-0.4, -0.2) is 16.0 Å². The van der Waals surface area contributed by atoms with Crippen LogP contribution in [0.15, 0.2) is 24.7 Å². The molecule has 0 spiro atoms. The molecule has 0 fully saturated rings. The fourth-order valence-electron chi connectivity index (χ4n) is 1.62. The average molecular weight is 227 g/mol. The third-order valence-corrected chi connectivity index (χ3v) is 2.53. The Hall–Kier alpha value is -2.48. The second-order valence-corrected chi connectivity index (χ2v) is 3.76. The molecular formula is C12H11N4O+. The van der Waals surface area contributed by atoms with Crippen molar-refractivity contribution in [2.75, 3.05) is 0 Å². The van der Waals surface area contributed by atoms with Crippen molar-refractivity contribution in [2.24, 2.45) is 7.05 Å². The van der Waals surface area contributed by atoms with Gasteiger partial charge in [0.15, 0.2) is 19.2 Å². The van der Waals surface area contributed by atoms with Gasteiger partial charge < -0.3 is 0 Å². The highest BCUT2D eigenvalue weighted by Gasteiger charge is 2.12. The van der Waals surface area contributed by atoms with Gasteiger partial charge >= 0.3 is 0 Å². The van der Waals surface area contributed by atoms with Gasteiger partial charge in [0, 0.05) is 6.20 Å². The van der Waals surface area contributed by atoms with Gasteiger partial charge in [-0.15, -0.1) is 9.36 Å². The molecule has 0 N–H and O–H groups in total. The summed E-state index contributed by atoms with van der Waals surface area (Å²) in [5.74, 6) is 0.678. The third-order valence-electron chi connectivity index (χ3n) is 2.53. The topological polar surface area (TPSA) is 62.6 Å². The van der Waals surface area contributed by atoms with Crippen molar-refractivity contribution in [3.63, 3.8) is 0 Å². The number of carbonyl (C=O) groups is 1. The molecule has 5 heteroatoms. The van der Waals surface area contributed by atoms with Crippen LogP contribution in [0.25, 0.3) is 5.82 Å². The molecule has 0 saturated heterocycles. The number of carbonyl (C=O) groups excluding carboxylic acids is 1. The van der Waals surface area contributed by atoms with E-state index in [0.29, 0.717) is 16.9 Å². The van der Waals surface area contributed by atoms with E-state index in [2.05, 4.69) is 11.1 Å². The molecule has 0 saturated carbocycles. The predicted octanol–water partition coefficient (Wildman–Crippen LogP) is 0.689. The van der Waals surface area contributed by atoms with E-state index in [1.807, 2.05) is 20.0 Å². The Morgan fingerprint density at radius 2 is 2.35 bits per heavy atom. The Balaban J connectivity index is 2.53. The van der Waals surface area contributed by atoms with Gasteiger partial charge in [-0.25, -0.2) is 4.98 Å². The highest BCUT2D eigenvalue weighted by Crippen LogP contribution is 2.09. The molecule has 0 aliphatic carbocycles. The lowest BCUT2D eigenvalue weighted by Crippen LogP contribution is -2.37. The summed E-state index contributed by atoms with van der Waals surface area (Å²) in [5.41, 5.74) is 1.99. The van der Waals surface area contributed by atoms with Crippen LogP contribution in [0.2, 0.25) is 0 Å². The molecule has 2 aromatic rings. The van der Waals surface area contributed by atoms with Gasteiger partial charge in [0.2, 0.25) is 6.20 Å². The van der Waals surface area contributed by atoms with Crippen molar-refractivity contribution >= 4 is 6.29 Å². The number of pyridine rings is 1. The molecule has 0 unspecified atom stereocenters. The van der Waals surface area contributed by atoms with Crippen molar-refractivity contribution in [3.8, 4) is 11.9 Å². The molecule has 0 aliphatic heterocycles. The number of hydrogen-bond donors (Lipinski definition) is 0. The SMILES string of the molecule is Cc1cc(-n2cc(C=O)c[n+]2C)ncc1C#N. The summed E-state index contributed by atoms with van der Waals surface area (Å²) in [6.07, 6.45) is 5.72. The normalized spacial score (nSPS) is 9.94. The highest BCUT2D eigenvalue weighted by molar-refractivity contribution is 5.73. The summed E-state index contributed by atoms with van der Waals surface area (Å²) in [7, 11) is 1.82. The smallest absolute Gasteiger partial charge is 0.206 e. The van der Waals surface area contributed by atoms with Crippen molar-refractivity contribution in [1.29, 1.82) is 5.26 Å². The van der Waals surface area contributed by atoms with Crippen molar-refractivity contribution < 1.29 is 9.48 Å². The van der Waals surface area contributed by atoms with Crippen LogP contribution < -0.4 is 4.68 Å². The van der Waals surface area contributed by atoms with Gasteiger partial charge in [-0.1, -0.05) is 0 Å². The Morgan fingerprint density at radius 1 is 1.59 bits per heavy atom. The zero-order valence-electron chi connectivity index (χ0n) is 9.58. The summed E-state index contributed by atoms with van der Waals surface area (Å²) in [5, 5.41) is 8.83. The number of aldehydes is 1. The van der Waals surface area contributed by atoms with Crippen molar-refractivity contribution in [1.82, 2.24) is 9.67 Å². The first kappa shape index (κ1) is 11.0. The zero-order chi connectivity index (χ0) is 12.4. The molecule has 5 nitrogen and oxygen atoms in total. The Morgan fingerprint density at radius 3 is 2.88 bits per heavy atom. The maximum Gasteiger partial charge on any atom is 0.206 e. The second kappa shape index (κ2) is 4.18. The van der Waals surface area contributed by atoms with Crippen LogP contribution in [0.5, 0.6) is 0 Å². The third kappa shape index (κ3) is 1.93. The van der Waals surface area contributed by atoms with E-state index in [4.69, 9.17) is 5.26 Å². The van der Waals surface area contributed by atoms with Crippen LogP contribution in [0.4, 0.5) is 0 Å². The molecule has 0 amide bonds. The molecule has 84 valence electrons. The van der Waals surface area contributed by atoms with Crippen LogP contribution in [-0.2, 0) is 7.05 Å². The molecular weight excluding hydrogens is 216 g/mol. The number of hydrogen-bond acceptors (Lipinski definition) is 3. The molecule has 0 atom stereocenters. The van der Waals surface area contributed by atoms with Crippen LogP contribution in [0, 0.1) is 18.3 Å². The number of aryl methyl sites for hydroxylation is 2. The quantitative estimate of drug-likeness (QED) is 0.560. The average Bonchev–Trinajstić information content (AvgIpc) is 2.70. The van der Waals surface area contributed by atoms with E-state index < -0.39 is 0 Å². The molecule has 0 bridgehead atoms. The number of rotatable bonds is 2. The zero-order valence-corrected chi connectivity index (χ0v) is 9.58. The van der Waals surface area contributed by atoms with Gasteiger partial charge in [0.25, 0.3) is 0 Å². The first-order chi connectivity index (χ1) is 8.15. The molecule has 2 aromatic heterocycles. The predicted molar refractivity (Wildman–Crippen MR) is 59.6 cm³/mol. The van der Waals surface area contributed by atoms with E-state index in [1.165, 1.54) is 6.20 Å². The van der Waals surface area contributed by atoms with Gasteiger partial charge in [-0.2, -0.15) is 5.26 Å². The van der Waals surface area contributed by atoms with Crippen molar-refractivity contribution in [2.45, 2.75) is 6.92 Å². The summed E-state index contributed by atoms with van der Waals surface area (Å²) in [6, 6.07) is 3.88. The minimum absolute atomic E-state index is 0.555. The first-order valence-corrected chi connectivity index (χ1v) is 5.06. The van der Waals surface area contributed by atoms with E-state index in [9.17, 15) is 4.79 Å². The molecule has 0 aromatic carbocycles. The molecule has 17 heavy (non-hydrogen) atoms. The second-order valence-electron chi connectivity index (χ2n) is 3.76. The van der Waals surface area contributed by atoms with Gasteiger partial charge in [-0.05, 0) is 18.6 Å². The van der Waals surface area contributed by atoms with Gasteiger partial charge in [-0.3, -0.25) is 4.79 Å². The lowest BCUT2D eigenvalue weighted by atomic mass is 10.2. The van der Waals surface area contributed by atoms with E-state index >= 15 is 0 Å². The fraction of sp³-hybridized carbons (Fsp3) is 0.167. The fourth-order valence-corrected chi connectivity index (χ4v) is 1.62. The minimum Gasteiger partial charge on any atom is -0.298 e. The van der Waals surface area contributed by atoms with Gasteiger partial charge in [0.05, 0.1) is 11.8 Å². The van der Waals surface area contributed by atoms with E-state index in [1.54, 1.807) is 21.8 Å².